The van der Waals surface area contributed by atoms with E-state index in [1.54, 1.807) is 23.0 Å². The van der Waals surface area contributed by atoms with Gasteiger partial charge in [0, 0.05) is 11.9 Å². The first-order valence-corrected chi connectivity index (χ1v) is 15.1. The van der Waals surface area contributed by atoms with Gasteiger partial charge in [-0.3, -0.25) is 9.89 Å². The number of H-pyrrole nitrogens is 1. The van der Waals surface area contributed by atoms with Crippen molar-refractivity contribution in [1.29, 1.82) is 0 Å². The van der Waals surface area contributed by atoms with Crippen LogP contribution in [0.5, 0.6) is 5.75 Å². The second kappa shape index (κ2) is 15.0. The van der Waals surface area contributed by atoms with Gasteiger partial charge in [0.15, 0.2) is 0 Å². The number of benzene rings is 2. The number of nitrogens with one attached hydrogen (secondary N) is 1. The van der Waals surface area contributed by atoms with Crippen LogP contribution in [0.1, 0.15) is 25.5 Å². The van der Waals surface area contributed by atoms with Gasteiger partial charge in [0.25, 0.3) is 0 Å². The Kier molecular flexibility index (Phi) is 12.5. The Bertz CT molecular complexity index is 1150. The zero-order valence-electron chi connectivity index (χ0n) is 20.6. The van der Waals surface area contributed by atoms with Gasteiger partial charge in [-0.2, -0.15) is 5.10 Å². The first kappa shape index (κ1) is 29.9. The van der Waals surface area contributed by atoms with Crippen LogP contribution in [0.3, 0.4) is 0 Å². The van der Waals surface area contributed by atoms with Crippen LogP contribution >= 0.6 is 0 Å². The molecule has 2 radical (unpaired) electrons. The van der Waals surface area contributed by atoms with E-state index >= 15 is 0 Å². The van der Waals surface area contributed by atoms with Crippen molar-refractivity contribution in [3.63, 3.8) is 0 Å². The molecule has 0 amide bonds. The van der Waals surface area contributed by atoms with Crippen LogP contribution in [-0.4, -0.2) is 84.7 Å². The van der Waals surface area contributed by atoms with E-state index in [1.165, 1.54) is 0 Å². The number of nitrogens with zero attached hydrogens (tertiary/aromatic N) is 2. The number of aliphatic carboxylic acids is 1. The number of aromatic nitrogens is 2. The fraction of sp³-hybridized carbons (Fsp3) is 0.385. The zero-order chi connectivity index (χ0) is 26.6. The number of carboxylic acids is 1. The maximum atomic E-state index is 12.7. The van der Waals surface area contributed by atoms with Crippen molar-refractivity contribution < 1.29 is 23.6 Å². The molecule has 1 spiro atoms. The summed E-state index contributed by atoms with van der Waals surface area (Å²) in [6, 6.07) is 15.0. The van der Waals surface area contributed by atoms with E-state index in [0.29, 0.717) is 12.3 Å². The summed E-state index contributed by atoms with van der Waals surface area (Å²) >= 11 is 1.75. The van der Waals surface area contributed by atoms with Crippen LogP contribution in [0, 0.1) is 12.8 Å². The number of fused-ring (bicyclic) bond motifs is 1. The van der Waals surface area contributed by atoms with E-state index in [9.17, 15) is 9.00 Å². The minimum atomic E-state index is -1.09. The fourth-order valence-corrected chi connectivity index (χ4v) is 5.51. The Morgan fingerprint density at radius 3 is 2.47 bits per heavy atom. The second-order valence-corrected chi connectivity index (χ2v) is 9.28. The predicted molar refractivity (Wildman–Crippen MR) is 142 cm³/mol. The summed E-state index contributed by atoms with van der Waals surface area (Å²) in [6.07, 6.45) is 10.2. The molecule has 2 N–H and O–H groups in total. The normalized spacial score (nSPS) is 16.2. The van der Waals surface area contributed by atoms with Gasteiger partial charge in [-0.05, 0) is 50.1 Å². The minimum absolute atomic E-state index is 0.0134. The van der Waals surface area contributed by atoms with E-state index in [4.69, 9.17) is 14.6 Å². The average molecular weight is 620 g/mol. The molecule has 2 aliphatic heterocycles. The quantitative estimate of drug-likeness (QED) is 0.323. The number of carbonyl (C=O) groups is 1. The van der Waals surface area contributed by atoms with Gasteiger partial charge in [0.2, 0.25) is 0 Å². The summed E-state index contributed by atoms with van der Waals surface area (Å²) in [6.45, 7) is 4.93. The SMILES string of the molecule is C#C.CCOc1ccc(S(=O)N2CCCC23COC3)cc1.O=C(O)Cc1[nH]nc2ccccc12.[CH3][Sb]. The Morgan fingerprint density at radius 1 is 1.22 bits per heavy atom. The number of hydrogen-bond acceptors (Lipinski definition) is 5. The summed E-state index contributed by atoms with van der Waals surface area (Å²) in [5.74, 6) is -0.0271. The fourth-order valence-electron chi connectivity index (χ4n) is 4.04. The summed E-state index contributed by atoms with van der Waals surface area (Å²) < 4.78 is 25.5. The number of aromatic amines is 1. The first-order chi connectivity index (χ1) is 17.5. The van der Waals surface area contributed by atoms with Crippen molar-refractivity contribution in [1.82, 2.24) is 14.5 Å². The molecule has 2 aliphatic rings. The average Bonchev–Trinajstić information content (AvgIpc) is 3.52. The third-order valence-corrected chi connectivity index (χ3v) is 7.32. The monoisotopic (exact) mass is 619 g/mol. The summed E-state index contributed by atoms with van der Waals surface area (Å²) in [7, 11) is -1.09. The summed E-state index contributed by atoms with van der Waals surface area (Å²) in [5, 5.41) is 16.2. The molecule has 3 aromatic rings. The molecule has 10 heteroatoms. The van der Waals surface area contributed by atoms with Crippen molar-refractivity contribution >= 4 is 50.9 Å². The van der Waals surface area contributed by atoms with Gasteiger partial charge in [-0.15, -0.1) is 12.8 Å². The molecule has 0 saturated carbocycles. The molecular formula is C26H32N3O5SSb. The molecule has 8 nitrogen and oxygen atoms in total. The maximum absolute atomic E-state index is 12.7. The van der Waals surface area contributed by atoms with Crippen molar-refractivity contribution in [2.75, 3.05) is 26.4 Å². The van der Waals surface area contributed by atoms with Gasteiger partial charge in [0.1, 0.15) is 16.7 Å². The third-order valence-electron chi connectivity index (χ3n) is 5.68. The number of para-hydroxylation sites is 1. The molecule has 1 unspecified atom stereocenters. The van der Waals surface area contributed by atoms with Crippen molar-refractivity contribution in [2.24, 2.45) is 0 Å². The van der Waals surface area contributed by atoms with E-state index in [0.717, 1.165) is 54.1 Å². The molecule has 3 heterocycles. The van der Waals surface area contributed by atoms with Crippen LogP contribution in [0.15, 0.2) is 53.4 Å². The summed E-state index contributed by atoms with van der Waals surface area (Å²) in [4.78, 5) is 13.4. The predicted octanol–water partition coefficient (Wildman–Crippen LogP) is 3.62. The molecule has 1 atom stereocenters. The molecular weight excluding hydrogens is 588 g/mol. The summed E-state index contributed by atoms with van der Waals surface area (Å²) in [5.41, 5.74) is 1.49. The molecule has 1 aromatic heterocycles. The molecule has 36 heavy (non-hydrogen) atoms. The molecule has 5 rings (SSSR count). The van der Waals surface area contributed by atoms with E-state index in [1.807, 2.05) is 55.5 Å². The van der Waals surface area contributed by atoms with Gasteiger partial charge in [-0.25, -0.2) is 8.51 Å². The molecule has 2 saturated heterocycles. The van der Waals surface area contributed by atoms with Crippen LogP contribution in [0.25, 0.3) is 10.9 Å². The van der Waals surface area contributed by atoms with Gasteiger partial charge in [0.05, 0.1) is 47.9 Å². The van der Waals surface area contributed by atoms with Gasteiger partial charge < -0.3 is 14.6 Å². The number of rotatable bonds is 6. The van der Waals surface area contributed by atoms with Crippen LogP contribution < -0.4 is 4.74 Å². The molecule has 0 aliphatic carbocycles. The number of ether oxygens (including phenoxy) is 2. The standard InChI is InChI=1S/C14H19NO3S.C9H8N2O2.C2H2.CH3.Sb/c1-2-18-12-4-6-13(7-5-12)19(16)15-9-3-8-14(15)10-17-11-14;12-9(13)5-8-6-3-1-2-4-7(6)10-11-8;1-2;;/h4-7H,2-3,8-11H2,1H3;1-4H,5H2,(H,10,11)(H,12,13);1-2H;1H3;. The Labute approximate surface area is 228 Å². The second-order valence-electron chi connectivity index (χ2n) is 7.87. The van der Waals surface area contributed by atoms with E-state index < -0.39 is 17.0 Å². The molecule has 192 valence electrons. The number of carboxylic acid groups (broad SMARTS) is 1. The van der Waals surface area contributed by atoms with E-state index in [2.05, 4.69) is 32.2 Å². The van der Waals surface area contributed by atoms with Gasteiger partial charge in [-0.1, -0.05) is 18.2 Å². The zero-order valence-corrected chi connectivity index (χ0v) is 23.9. The number of terminal acetylenes is 1. The number of hydrogen-bond donors (Lipinski definition) is 2. The van der Waals surface area contributed by atoms with Crippen LogP contribution in [0.4, 0.5) is 0 Å². The third kappa shape index (κ3) is 7.33. The topological polar surface area (TPSA) is 105 Å². The molecule has 2 aromatic carbocycles. The Hall–Kier alpha value is -2.37. The van der Waals surface area contributed by atoms with Crippen LogP contribution in [-0.2, 0) is 26.9 Å². The van der Waals surface area contributed by atoms with Crippen LogP contribution in [0.2, 0.25) is 4.87 Å². The molecule has 2 fully saturated rings. The van der Waals surface area contributed by atoms with Crippen molar-refractivity contribution in [3.8, 4) is 18.6 Å². The van der Waals surface area contributed by atoms with E-state index in [-0.39, 0.29) is 12.0 Å². The van der Waals surface area contributed by atoms with Crippen molar-refractivity contribution in [3.05, 3.63) is 54.2 Å². The van der Waals surface area contributed by atoms with Gasteiger partial charge >= 0.3 is 33.9 Å². The Balaban J connectivity index is 0.000000235. The van der Waals surface area contributed by atoms with Crippen molar-refractivity contribution in [2.45, 2.75) is 41.5 Å². The molecule has 0 bridgehead atoms. The Morgan fingerprint density at radius 2 is 1.89 bits per heavy atom. The first-order valence-electron chi connectivity index (χ1n) is 11.4.